The van der Waals surface area contributed by atoms with Gasteiger partial charge in [-0.15, -0.1) is 0 Å². The first kappa shape index (κ1) is 14.3. The maximum atomic E-state index is 4.61. The van der Waals surface area contributed by atoms with Crippen LogP contribution in [0.4, 0.5) is 5.82 Å². The van der Waals surface area contributed by atoms with Gasteiger partial charge < -0.3 is 10.2 Å². The van der Waals surface area contributed by atoms with Crippen LogP contribution < -0.4 is 10.2 Å². The Morgan fingerprint density at radius 3 is 2.53 bits per heavy atom. The molecule has 19 heavy (non-hydrogen) atoms. The largest absolute Gasteiger partial charge is 0.357 e. The Kier molecular flexibility index (Phi) is 4.81. The van der Waals surface area contributed by atoms with Crippen LogP contribution in [0.3, 0.4) is 0 Å². The normalized spacial score (nSPS) is 18.6. The molecule has 0 aliphatic carbocycles. The van der Waals surface area contributed by atoms with E-state index in [0.717, 1.165) is 32.0 Å². The second-order valence-electron chi connectivity index (χ2n) is 5.96. The van der Waals surface area contributed by atoms with Crippen LogP contribution in [0.2, 0.25) is 0 Å². The van der Waals surface area contributed by atoms with Crippen LogP contribution in [0.25, 0.3) is 0 Å². The fourth-order valence-corrected chi connectivity index (χ4v) is 2.61. The number of piperidine rings is 1. The van der Waals surface area contributed by atoms with Crippen LogP contribution in [0.15, 0.2) is 18.3 Å². The van der Waals surface area contributed by atoms with E-state index >= 15 is 0 Å². The minimum absolute atomic E-state index is 0.543. The average Bonchev–Trinajstić information content (AvgIpc) is 2.47. The van der Waals surface area contributed by atoms with E-state index in [2.05, 4.69) is 48.1 Å². The van der Waals surface area contributed by atoms with Crippen LogP contribution in [0, 0.1) is 5.41 Å². The minimum Gasteiger partial charge on any atom is -0.357 e. The van der Waals surface area contributed by atoms with Crippen molar-refractivity contribution >= 4 is 5.82 Å². The lowest BCUT2D eigenvalue weighted by molar-refractivity contribution is 0.238. The highest BCUT2D eigenvalue weighted by molar-refractivity contribution is 5.39. The van der Waals surface area contributed by atoms with Gasteiger partial charge in [-0.2, -0.15) is 0 Å². The Morgan fingerprint density at radius 2 is 2.00 bits per heavy atom. The first-order chi connectivity index (χ1) is 9.17. The Labute approximate surface area is 117 Å². The number of hydrogen-bond donors (Lipinski definition) is 1. The highest BCUT2D eigenvalue weighted by Crippen LogP contribution is 2.35. The molecule has 1 aromatic heterocycles. The Hall–Kier alpha value is -1.09. The van der Waals surface area contributed by atoms with Gasteiger partial charge >= 0.3 is 0 Å². The zero-order valence-corrected chi connectivity index (χ0v) is 12.6. The molecular formula is C16H27N3. The molecule has 1 saturated heterocycles. The summed E-state index contributed by atoms with van der Waals surface area (Å²) in [7, 11) is 0. The van der Waals surface area contributed by atoms with Crippen molar-refractivity contribution in [3.63, 3.8) is 0 Å². The van der Waals surface area contributed by atoms with Crippen molar-refractivity contribution in [1.29, 1.82) is 0 Å². The number of nitrogens with one attached hydrogen (secondary N) is 1. The molecule has 0 bridgehead atoms. The molecule has 0 aromatic carbocycles. The van der Waals surface area contributed by atoms with E-state index in [9.17, 15) is 0 Å². The smallest absolute Gasteiger partial charge is 0.128 e. The second-order valence-corrected chi connectivity index (χ2v) is 5.96. The number of pyridine rings is 1. The van der Waals surface area contributed by atoms with E-state index < -0.39 is 0 Å². The highest BCUT2D eigenvalue weighted by Gasteiger charge is 2.28. The monoisotopic (exact) mass is 261 g/mol. The van der Waals surface area contributed by atoms with Gasteiger partial charge in [0.25, 0.3) is 0 Å². The van der Waals surface area contributed by atoms with Gasteiger partial charge in [0.15, 0.2) is 0 Å². The summed E-state index contributed by atoms with van der Waals surface area (Å²) >= 11 is 0. The third kappa shape index (κ3) is 3.69. The quantitative estimate of drug-likeness (QED) is 0.882. The van der Waals surface area contributed by atoms with E-state index in [1.807, 2.05) is 6.20 Å². The number of aromatic nitrogens is 1. The summed E-state index contributed by atoms with van der Waals surface area (Å²) < 4.78 is 0. The maximum absolute atomic E-state index is 4.61. The van der Waals surface area contributed by atoms with Crippen molar-refractivity contribution in [2.45, 2.75) is 46.6 Å². The molecule has 0 radical (unpaired) electrons. The van der Waals surface area contributed by atoms with Gasteiger partial charge in [0, 0.05) is 25.8 Å². The molecule has 1 aliphatic heterocycles. The third-order valence-corrected chi connectivity index (χ3v) is 4.54. The third-order valence-electron chi connectivity index (χ3n) is 4.54. The predicted molar refractivity (Wildman–Crippen MR) is 81.5 cm³/mol. The molecule has 0 atom stereocenters. The van der Waals surface area contributed by atoms with E-state index in [-0.39, 0.29) is 0 Å². The van der Waals surface area contributed by atoms with Crippen LogP contribution in [-0.4, -0.2) is 24.6 Å². The van der Waals surface area contributed by atoms with Crippen molar-refractivity contribution in [3.8, 4) is 0 Å². The fourth-order valence-electron chi connectivity index (χ4n) is 2.61. The Morgan fingerprint density at radius 1 is 1.26 bits per heavy atom. The Bertz CT molecular complexity index is 377. The van der Waals surface area contributed by atoms with Gasteiger partial charge in [-0.3, -0.25) is 0 Å². The molecule has 1 fully saturated rings. The molecule has 2 heterocycles. The van der Waals surface area contributed by atoms with Crippen LogP contribution in [0.1, 0.15) is 45.6 Å². The van der Waals surface area contributed by atoms with Crippen molar-refractivity contribution in [3.05, 3.63) is 23.9 Å². The van der Waals surface area contributed by atoms with Crippen LogP contribution in [0.5, 0.6) is 0 Å². The molecule has 3 heteroatoms. The van der Waals surface area contributed by atoms with Crippen molar-refractivity contribution in [1.82, 2.24) is 10.3 Å². The summed E-state index contributed by atoms with van der Waals surface area (Å²) in [6, 6.07) is 4.36. The van der Waals surface area contributed by atoms with E-state index in [1.165, 1.54) is 24.8 Å². The number of nitrogens with zero attached hydrogens (tertiary/aromatic N) is 2. The van der Waals surface area contributed by atoms with E-state index in [0.29, 0.717) is 5.41 Å². The predicted octanol–water partition coefficient (Wildman–Crippen LogP) is 3.21. The zero-order valence-electron chi connectivity index (χ0n) is 12.6. The summed E-state index contributed by atoms with van der Waals surface area (Å²) in [5, 5.41) is 3.33. The number of rotatable bonds is 5. The van der Waals surface area contributed by atoms with Gasteiger partial charge in [0.1, 0.15) is 5.82 Å². The number of hydrogen-bond acceptors (Lipinski definition) is 3. The van der Waals surface area contributed by atoms with Crippen molar-refractivity contribution in [2.75, 3.05) is 24.5 Å². The van der Waals surface area contributed by atoms with E-state index in [1.54, 1.807) is 0 Å². The molecule has 0 saturated carbocycles. The van der Waals surface area contributed by atoms with Crippen LogP contribution >= 0.6 is 0 Å². The lowest BCUT2D eigenvalue weighted by Crippen LogP contribution is -2.38. The van der Waals surface area contributed by atoms with Gasteiger partial charge in [-0.05, 0) is 36.4 Å². The molecule has 106 valence electrons. The molecule has 2 rings (SSSR count). The maximum Gasteiger partial charge on any atom is 0.128 e. The summed E-state index contributed by atoms with van der Waals surface area (Å²) in [6.45, 7) is 11.1. The van der Waals surface area contributed by atoms with Gasteiger partial charge in [0.05, 0.1) is 0 Å². The minimum atomic E-state index is 0.543. The molecule has 3 nitrogen and oxygen atoms in total. The van der Waals surface area contributed by atoms with Gasteiger partial charge in [-0.25, -0.2) is 4.98 Å². The summed E-state index contributed by atoms with van der Waals surface area (Å²) in [6.07, 6.45) is 5.86. The van der Waals surface area contributed by atoms with Crippen molar-refractivity contribution < 1.29 is 0 Å². The molecule has 0 unspecified atom stereocenters. The fraction of sp³-hybridized carbons (Fsp3) is 0.688. The van der Waals surface area contributed by atoms with Gasteiger partial charge in [0.2, 0.25) is 0 Å². The lowest BCUT2D eigenvalue weighted by atomic mass is 9.78. The second kappa shape index (κ2) is 6.38. The topological polar surface area (TPSA) is 28.2 Å². The van der Waals surface area contributed by atoms with Gasteiger partial charge in [-0.1, -0.05) is 33.3 Å². The standard InChI is InChI=1S/C16H27N3/c1-4-16(3)8-10-19(11-9-16)15-7-6-14(13-18-15)12-17-5-2/h6-7,13,17H,4-5,8-12H2,1-3H3. The lowest BCUT2D eigenvalue weighted by Gasteiger charge is -2.39. The number of anilines is 1. The molecule has 0 amide bonds. The molecular weight excluding hydrogens is 234 g/mol. The Balaban J connectivity index is 1.92. The molecule has 1 N–H and O–H groups in total. The summed E-state index contributed by atoms with van der Waals surface area (Å²) in [5.74, 6) is 1.14. The van der Waals surface area contributed by atoms with Crippen molar-refractivity contribution in [2.24, 2.45) is 5.41 Å². The summed E-state index contributed by atoms with van der Waals surface area (Å²) in [5.41, 5.74) is 1.81. The zero-order chi connectivity index (χ0) is 13.7. The van der Waals surface area contributed by atoms with Crippen LogP contribution in [-0.2, 0) is 6.54 Å². The highest BCUT2D eigenvalue weighted by atomic mass is 15.2. The SMILES string of the molecule is CCNCc1ccc(N2CCC(C)(CC)CC2)nc1. The van der Waals surface area contributed by atoms with E-state index in [4.69, 9.17) is 0 Å². The molecule has 0 spiro atoms. The molecule has 1 aliphatic rings. The average molecular weight is 261 g/mol. The first-order valence-corrected chi connectivity index (χ1v) is 7.57. The first-order valence-electron chi connectivity index (χ1n) is 7.57. The summed E-state index contributed by atoms with van der Waals surface area (Å²) in [4.78, 5) is 7.04. The molecule has 1 aromatic rings.